The molecule has 0 radical (unpaired) electrons. The van der Waals surface area contributed by atoms with Gasteiger partial charge in [-0.05, 0) is 18.1 Å². The number of unbranched alkanes of at least 4 members (excludes halogenated alkanes) is 3. The van der Waals surface area contributed by atoms with Crippen LogP contribution >= 0.6 is 0 Å². The fourth-order valence-corrected chi connectivity index (χ4v) is 2.43. The Bertz CT molecular complexity index is 577. The van der Waals surface area contributed by atoms with Gasteiger partial charge in [0.05, 0.1) is 6.61 Å². The molecule has 0 bridgehead atoms. The Labute approximate surface area is 125 Å². The Kier molecular flexibility index (Phi) is 5.81. The summed E-state index contributed by atoms with van der Waals surface area (Å²) in [5.41, 5.74) is 8.07. The minimum Gasteiger partial charge on any atom is -0.465 e. The number of esters is 1. The van der Waals surface area contributed by atoms with E-state index in [-0.39, 0.29) is 5.97 Å². The maximum absolute atomic E-state index is 11.9. The van der Waals surface area contributed by atoms with E-state index in [0.717, 1.165) is 29.3 Å². The van der Waals surface area contributed by atoms with Crippen LogP contribution in [0.2, 0.25) is 0 Å². The zero-order valence-electron chi connectivity index (χ0n) is 12.6. The molecule has 0 spiro atoms. The van der Waals surface area contributed by atoms with Gasteiger partial charge in [-0.2, -0.15) is 0 Å². The molecular weight excluding hydrogens is 264 g/mol. The van der Waals surface area contributed by atoms with Gasteiger partial charge in [-0.15, -0.1) is 0 Å². The highest BCUT2D eigenvalue weighted by Gasteiger charge is 2.17. The van der Waals surface area contributed by atoms with Crippen molar-refractivity contribution in [2.24, 2.45) is 5.73 Å². The fraction of sp³-hybridized carbons (Fsp3) is 0.471. The average molecular weight is 288 g/mol. The van der Waals surface area contributed by atoms with Crippen LogP contribution in [0, 0.1) is 0 Å². The van der Waals surface area contributed by atoms with Crippen molar-refractivity contribution in [2.45, 2.75) is 45.1 Å². The third-order valence-electron chi connectivity index (χ3n) is 3.66. The van der Waals surface area contributed by atoms with Gasteiger partial charge >= 0.3 is 5.97 Å². The molecule has 1 aromatic carbocycles. The maximum atomic E-state index is 11.9. The molecule has 1 aromatic heterocycles. The standard InChI is InChI=1S/C17H24N2O2/c1-2-3-4-7-10-21-17(20)15(18)11-13-12-19-16-9-6-5-8-14(13)16/h5-6,8-9,12,15,19H,2-4,7,10-11,18H2,1H3/t15-/m0/s1. The van der Waals surface area contributed by atoms with Gasteiger partial charge in [-0.1, -0.05) is 44.4 Å². The van der Waals surface area contributed by atoms with Crippen LogP contribution in [0.1, 0.15) is 38.2 Å². The molecule has 0 saturated carbocycles. The largest absolute Gasteiger partial charge is 0.465 e. The molecule has 0 amide bonds. The first kappa shape index (κ1) is 15.6. The molecule has 0 aliphatic rings. The number of carbonyl (C=O) groups is 1. The molecule has 0 aliphatic heterocycles. The number of nitrogens with one attached hydrogen (secondary N) is 1. The van der Waals surface area contributed by atoms with Gasteiger partial charge < -0.3 is 15.5 Å². The number of hydrogen-bond acceptors (Lipinski definition) is 3. The summed E-state index contributed by atoms with van der Waals surface area (Å²) >= 11 is 0. The van der Waals surface area contributed by atoms with Crippen LogP contribution in [0.25, 0.3) is 10.9 Å². The minimum atomic E-state index is -0.601. The Morgan fingerprint density at radius 1 is 1.29 bits per heavy atom. The first-order valence-corrected chi connectivity index (χ1v) is 7.69. The van der Waals surface area contributed by atoms with Gasteiger partial charge in [0.15, 0.2) is 0 Å². The first-order valence-electron chi connectivity index (χ1n) is 7.69. The monoisotopic (exact) mass is 288 g/mol. The van der Waals surface area contributed by atoms with Crippen molar-refractivity contribution in [3.05, 3.63) is 36.0 Å². The van der Waals surface area contributed by atoms with Gasteiger partial charge in [0.2, 0.25) is 0 Å². The van der Waals surface area contributed by atoms with Crippen LogP contribution in [0.15, 0.2) is 30.5 Å². The van der Waals surface area contributed by atoms with E-state index in [1.807, 2.05) is 30.5 Å². The number of fused-ring (bicyclic) bond motifs is 1. The number of benzene rings is 1. The smallest absolute Gasteiger partial charge is 0.323 e. The van der Waals surface area contributed by atoms with Crippen LogP contribution in [-0.4, -0.2) is 23.6 Å². The topological polar surface area (TPSA) is 68.1 Å². The predicted octanol–water partition coefficient (Wildman–Crippen LogP) is 3.16. The molecule has 4 heteroatoms. The molecule has 0 fully saturated rings. The van der Waals surface area contributed by atoms with Crippen LogP contribution in [0.5, 0.6) is 0 Å². The number of nitrogens with two attached hydrogens (primary N) is 1. The molecule has 1 heterocycles. The van der Waals surface area contributed by atoms with Gasteiger partial charge in [-0.25, -0.2) is 0 Å². The number of hydrogen-bond donors (Lipinski definition) is 2. The zero-order chi connectivity index (χ0) is 15.1. The molecule has 0 saturated heterocycles. The summed E-state index contributed by atoms with van der Waals surface area (Å²) in [7, 11) is 0. The van der Waals surface area contributed by atoms with Gasteiger partial charge in [0.25, 0.3) is 0 Å². The van der Waals surface area contributed by atoms with E-state index in [0.29, 0.717) is 13.0 Å². The molecule has 2 aromatic rings. The van der Waals surface area contributed by atoms with Crippen LogP contribution in [0.3, 0.4) is 0 Å². The number of aromatic nitrogens is 1. The highest BCUT2D eigenvalue weighted by Crippen LogP contribution is 2.18. The predicted molar refractivity (Wildman–Crippen MR) is 85.1 cm³/mol. The molecule has 0 aliphatic carbocycles. The normalized spacial score (nSPS) is 12.5. The number of para-hydroxylation sites is 1. The Morgan fingerprint density at radius 3 is 2.90 bits per heavy atom. The van der Waals surface area contributed by atoms with Crippen LogP contribution < -0.4 is 5.73 Å². The number of rotatable bonds is 8. The molecule has 114 valence electrons. The van der Waals surface area contributed by atoms with E-state index in [1.165, 1.54) is 12.8 Å². The average Bonchev–Trinajstić information content (AvgIpc) is 2.90. The van der Waals surface area contributed by atoms with E-state index >= 15 is 0 Å². The maximum Gasteiger partial charge on any atom is 0.323 e. The van der Waals surface area contributed by atoms with Crippen molar-refractivity contribution >= 4 is 16.9 Å². The van der Waals surface area contributed by atoms with Crippen molar-refractivity contribution in [3.8, 4) is 0 Å². The second-order valence-corrected chi connectivity index (χ2v) is 5.40. The highest BCUT2D eigenvalue weighted by atomic mass is 16.5. The third-order valence-corrected chi connectivity index (χ3v) is 3.66. The van der Waals surface area contributed by atoms with Crippen molar-refractivity contribution in [2.75, 3.05) is 6.61 Å². The van der Waals surface area contributed by atoms with Crippen molar-refractivity contribution in [1.29, 1.82) is 0 Å². The van der Waals surface area contributed by atoms with E-state index < -0.39 is 6.04 Å². The highest BCUT2D eigenvalue weighted by molar-refractivity contribution is 5.84. The molecule has 4 nitrogen and oxygen atoms in total. The molecular formula is C17H24N2O2. The zero-order valence-corrected chi connectivity index (χ0v) is 12.6. The summed E-state index contributed by atoms with van der Waals surface area (Å²) in [6.07, 6.45) is 6.78. The van der Waals surface area contributed by atoms with Gasteiger partial charge in [-0.3, -0.25) is 4.79 Å². The summed E-state index contributed by atoms with van der Waals surface area (Å²) < 4.78 is 5.24. The molecule has 21 heavy (non-hydrogen) atoms. The summed E-state index contributed by atoms with van der Waals surface area (Å²) in [6.45, 7) is 2.63. The summed E-state index contributed by atoms with van der Waals surface area (Å²) in [6, 6.07) is 7.40. The minimum absolute atomic E-state index is 0.309. The van der Waals surface area contributed by atoms with Gasteiger partial charge in [0.1, 0.15) is 6.04 Å². The lowest BCUT2D eigenvalue weighted by molar-refractivity contribution is -0.145. The van der Waals surface area contributed by atoms with Crippen molar-refractivity contribution in [1.82, 2.24) is 4.98 Å². The number of aromatic amines is 1. The molecule has 1 atom stereocenters. The van der Waals surface area contributed by atoms with E-state index in [1.54, 1.807) is 0 Å². The summed E-state index contributed by atoms with van der Waals surface area (Å²) in [5.74, 6) is -0.309. The van der Waals surface area contributed by atoms with E-state index in [4.69, 9.17) is 10.5 Å². The van der Waals surface area contributed by atoms with Crippen LogP contribution in [-0.2, 0) is 16.0 Å². The van der Waals surface area contributed by atoms with E-state index in [2.05, 4.69) is 11.9 Å². The molecule has 3 N–H and O–H groups in total. The summed E-state index contributed by atoms with van der Waals surface area (Å²) in [5, 5.41) is 1.11. The lowest BCUT2D eigenvalue weighted by Gasteiger charge is -2.11. The third kappa shape index (κ3) is 4.33. The van der Waals surface area contributed by atoms with Crippen LogP contribution in [0.4, 0.5) is 0 Å². The first-order chi connectivity index (χ1) is 10.2. The number of ether oxygens (including phenoxy) is 1. The lowest BCUT2D eigenvalue weighted by atomic mass is 10.1. The Hall–Kier alpha value is -1.81. The number of H-pyrrole nitrogens is 1. The second-order valence-electron chi connectivity index (χ2n) is 5.40. The van der Waals surface area contributed by atoms with E-state index in [9.17, 15) is 4.79 Å². The quantitative estimate of drug-likeness (QED) is 0.579. The van der Waals surface area contributed by atoms with Crippen molar-refractivity contribution in [3.63, 3.8) is 0 Å². The molecule has 0 unspecified atom stereocenters. The SMILES string of the molecule is CCCCCCOC(=O)[C@@H](N)Cc1c[nH]c2ccccc12. The van der Waals surface area contributed by atoms with Gasteiger partial charge in [0, 0.05) is 23.5 Å². The fourth-order valence-electron chi connectivity index (χ4n) is 2.43. The lowest BCUT2D eigenvalue weighted by Crippen LogP contribution is -2.34. The second kappa shape index (κ2) is 7.84. The Morgan fingerprint density at radius 2 is 2.10 bits per heavy atom. The van der Waals surface area contributed by atoms with Crippen molar-refractivity contribution < 1.29 is 9.53 Å². The summed E-state index contributed by atoms with van der Waals surface area (Å²) in [4.78, 5) is 15.1. The number of carbonyl (C=O) groups excluding carboxylic acids is 1. The molecule has 2 rings (SSSR count). The Balaban J connectivity index is 1.83.